The summed E-state index contributed by atoms with van der Waals surface area (Å²) in [5.41, 5.74) is 4.31. The monoisotopic (exact) mass is 428 g/mol. The van der Waals surface area contributed by atoms with E-state index < -0.39 is 0 Å². The van der Waals surface area contributed by atoms with Crippen molar-refractivity contribution in [2.75, 3.05) is 20.1 Å². The van der Waals surface area contributed by atoms with Crippen molar-refractivity contribution in [3.63, 3.8) is 0 Å². The van der Waals surface area contributed by atoms with E-state index in [-0.39, 0.29) is 24.1 Å². The number of aliphatic hydroxyl groups excluding tert-OH is 1. The molecule has 0 unspecified atom stereocenters. The molecule has 1 aliphatic rings. The molecule has 0 aromatic heterocycles. The quantitative estimate of drug-likeness (QED) is 0.598. The second-order valence-corrected chi connectivity index (χ2v) is 8.61. The van der Waals surface area contributed by atoms with Gasteiger partial charge in [0.25, 0.3) is 0 Å². The standard InChI is InChI=1S/C28H32N2O2/c1-3-21-11-10-16-24(19-21)27(30-18-17-25(31)20-30)29(2)28(32)26(22-12-6-4-7-13-22)23-14-8-5-9-15-23/h4-16,19,25-27,31H,3,17-18,20H2,1-2H3/t25-,27+/m0/s1. The molecule has 1 amide bonds. The Labute approximate surface area is 191 Å². The van der Waals surface area contributed by atoms with Crippen LogP contribution in [0.2, 0.25) is 0 Å². The van der Waals surface area contributed by atoms with E-state index in [0.29, 0.717) is 6.54 Å². The highest BCUT2D eigenvalue weighted by molar-refractivity contribution is 5.87. The summed E-state index contributed by atoms with van der Waals surface area (Å²) >= 11 is 0. The first kappa shape index (κ1) is 22.3. The molecule has 0 saturated carbocycles. The second kappa shape index (κ2) is 10.1. The van der Waals surface area contributed by atoms with Crippen LogP contribution in [0.15, 0.2) is 84.9 Å². The van der Waals surface area contributed by atoms with Gasteiger partial charge >= 0.3 is 0 Å². The Morgan fingerprint density at radius 3 is 2.09 bits per heavy atom. The van der Waals surface area contributed by atoms with Crippen LogP contribution in [0.1, 0.15) is 47.7 Å². The Hall–Kier alpha value is -2.95. The van der Waals surface area contributed by atoms with Crippen molar-refractivity contribution in [3.05, 3.63) is 107 Å². The molecular formula is C28H32N2O2. The minimum absolute atomic E-state index is 0.0516. The Morgan fingerprint density at radius 2 is 1.56 bits per heavy atom. The number of rotatable bonds is 7. The molecule has 1 heterocycles. The van der Waals surface area contributed by atoms with E-state index in [0.717, 1.165) is 36.1 Å². The fourth-order valence-corrected chi connectivity index (χ4v) is 4.74. The van der Waals surface area contributed by atoms with Gasteiger partial charge in [-0.2, -0.15) is 0 Å². The lowest BCUT2D eigenvalue weighted by Crippen LogP contribution is -2.44. The maximum Gasteiger partial charge on any atom is 0.235 e. The van der Waals surface area contributed by atoms with Crippen LogP contribution in [-0.4, -0.2) is 47.1 Å². The summed E-state index contributed by atoms with van der Waals surface area (Å²) in [5, 5.41) is 10.2. The average molecular weight is 429 g/mol. The van der Waals surface area contributed by atoms with Gasteiger partial charge in [0.1, 0.15) is 6.17 Å². The first-order chi connectivity index (χ1) is 15.6. The fourth-order valence-electron chi connectivity index (χ4n) is 4.74. The molecule has 0 spiro atoms. The average Bonchev–Trinajstić information content (AvgIpc) is 3.26. The first-order valence-corrected chi connectivity index (χ1v) is 11.5. The van der Waals surface area contributed by atoms with Crippen molar-refractivity contribution in [1.29, 1.82) is 0 Å². The zero-order chi connectivity index (χ0) is 22.5. The van der Waals surface area contributed by atoms with Gasteiger partial charge in [0.05, 0.1) is 12.0 Å². The molecule has 1 aliphatic heterocycles. The van der Waals surface area contributed by atoms with Crippen LogP contribution in [0.25, 0.3) is 0 Å². The molecule has 0 radical (unpaired) electrons. The summed E-state index contributed by atoms with van der Waals surface area (Å²) in [6.07, 6.45) is 1.10. The smallest absolute Gasteiger partial charge is 0.235 e. The Balaban J connectivity index is 1.74. The maximum atomic E-state index is 14.1. The third-order valence-corrected chi connectivity index (χ3v) is 6.43. The van der Waals surface area contributed by atoms with Crippen LogP contribution in [0.4, 0.5) is 0 Å². The molecule has 0 bridgehead atoms. The van der Waals surface area contributed by atoms with Gasteiger partial charge in [0, 0.05) is 20.1 Å². The van der Waals surface area contributed by atoms with Crippen molar-refractivity contribution in [1.82, 2.24) is 9.80 Å². The van der Waals surface area contributed by atoms with E-state index in [1.807, 2.05) is 72.6 Å². The number of carbonyl (C=O) groups is 1. The molecule has 32 heavy (non-hydrogen) atoms. The third kappa shape index (κ3) is 4.77. The summed E-state index contributed by atoms with van der Waals surface area (Å²) in [5.74, 6) is -0.331. The number of β-amino-alcohol motifs (C(OH)–C–C–N with tert-alkyl or cyclic N) is 1. The summed E-state index contributed by atoms with van der Waals surface area (Å²) in [6.45, 7) is 3.48. The number of hydrogen-bond donors (Lipinski definition) is 1. The lowest BCUT2D eigenvalue weighted by molar-refractivity contribution is -0.136. The number of likely N-dealkylation sites (N-methyl/N-ethyl adjacent to an activating group) is 1. The SMILES string of the molecule is CCc1cccc([C@@H](N2CC[C@H](O)C2)N(C)C(=O)C(c2ccccc2)c2ccccc2)c1. The minimum Gasteiger partial charge on any atom is -0.392 e. The second-order valence-electron chi connectivity index (χ2n) is 8.61. The molecule has 3 aromatic carbocycles. The highest BCUT2D eigenvalue weighted by Crippen LogP contribution is 2.33. The van der Waals surface area contributed by atoms with Gasteiger partial charge in [0.2, 0.25) is 5.91 Å². The lowest BCUT2D eigenvalue weighted by Gasteiger charge is -2.38. The third-order valence-electron chi connectivity index (χ3n) is 6.43. The Kier molecular flexibility index (Phi) is 7.03. The topological polar surface area (TPSA) is 43.8 Å². The largest absolute Gasteiger partial charge is 0.392 e. The summed E-state index contributed by atoms with van der Waals surface area (Å²) < 4.78 is 0. The number of aryl methyl sites for hydroxylation is 1. The van der Waals surface area contributed by atoms with Gasteiger partial charge in [-0.1, -0.05) is 91.9 Å². The highest BCUT2D eigenvalue weighted by Gasteiger charge is 2.36. The minimum atomic E-state index is -0.383. The number of amides is 1. The number of aliphatic hydroxyl groups is 1. The van der Waals surface area contributed by atoms with Gasteiger partial charge in [0.15, 0.2) is 0 Å². The Morgan fingerprint density at radius 1 is 0.969 bits per heavy atom. The summed E-state index contributed by atoms with van der Waals surface area (Å²) in [7, 11) is 1.90. The van der Waals surface area contributed by atoms with Crippen LogP contribution in [-0.2, 0) is 11.2 Å². The van der Waals surface area contributed by atoms with Gasteiger partial charge in [-0.3, -0.25) is 9.69 Å². The van der Waals surface area contributed by atoms with E-state index in [1.165, 1.54) is 5.56 Å². The number of nitrogens with zero attached hydrogens (tertiary/aromatic N) is 2. The van der Waals surface area contributed by atoms with Gasteiger partial charge < -0.3 is 10.0 Å². The van der Waals surface area contributed by atoms with E-state index >= 15 is 0 Å². The first-order valence-electron chi connectivity index (χ1n) is 11.5. The van der Waals surface area contributed by atoms with Crippen LogP contribution < -0.4 is 0 Å². The zero-order valence-electron chi connectivity index (χ0n) is 18.9. The predicted molar refractivity (Wildman–Crippen MR) is 128 cm³/mol. The van der Waals surface area contributed by atoms with Crippen molar-refractivity contribution in [2.45, 2.75) is 38.0 Å². The van der Waals surface area contributed by atoms with E-state index in [2.05, 4.69) is 36.1 Å². The molecule has 4 rings (SSSR count). The van der Waals surface area contributed by atoms with Crippen molar-refractivity contribution in [3.8, 4) is 0 Å². The summed E-state index contributed by atoms with van der Waals surface area (Å²) in [4.78, 5) is 18.2. The lowest BCUT2D eigenvalue weighted by atomic mass is 9.89. The van der Waals surface area contributed by atoms with Crippen LogP contribution >= 0.6 is 0 Å². The van der Waals surface area contributed by atoms with Gasteiger partial charge in [-0.25, -0.2) is 0 Å². The molecule has 2 atom stereocenters. The Bertz CT molecular complexity index is 982. The molecule has 1 saturated heterocycles. The number of likely N-dealkylation sites (tertiary alicyclic amines) is 1. The van der Waals surface area contributed by atoms with Crippen molar-refractivity contribution in [2.24, 2.45) is 0 Å². The number of benzene rings is 3. The maximum absolute atomic E-state index is 14.1. The normalized spacial score (nSPS) is 17.4. The van der Waals surface area contributed by atoms with Crippen LogP contribution in [0.3, 0.4) is 0 Å². The number of carbonyl (C=O) groups excluding carboxylic acids is 1. The zero-order valence-corrected chi connectivity index (χ0v) is 18.9. The van der Waals surface area contributed by atoms with Gasteiger partial charge in [-0.05, 0) is 35.1 Å². The van der Waals surface area contributed by atoms with Crippen molar-refractivity contribution >= 4 is 5.91 Å². The molecule has 1 N–H and O–H groups in total. The molecule has 3 aromatic rings. The van der Waals surface area contributed by atoms with E-state index in [4.69, 9.17) is 0 Å². The fraction of sp³-hybridized carbons (Fsp3) is 0.321. The molecule has 0 aliphatic carbocycles. The van der Waals surface area contributed by atoms with Gasteiger partial charge in [-0.15, -0.1) is 0 Å². The van der Waals surface area contributed by atoms with Crippen LogP contribution in [0.5, 0.6) is 0 Å². The van der Waals surface area contributed by atoms with Crippen molar-refractivity contribution < 1.29 is 9.90 Å². The molecule has 1 fully saturated rings. The summed E-state index contributed by atoms with van der Waals surface area (Å²) in [6, 6.07) is 28.5. The van der Waals surface area contributed by atoms with Crippen LogP contribution in [0, 0.1) is 0 Å². The molecule has 166 valence electrons. The highest BCUT2D eigenvalue weighted by atomic mass is 16.3. The number of hydrogen-bond acceptors (Lipinski definition) is 3. The van der Waals surface area contributed by atoms with E-state index in [1.54, 1.807) is 0 Å². The molecule has 4 heteroatoms. The predicted octanol–water partition coefficient (Wildman–Crippen LogP) is 4.60. The molecular weight excluding hydrogens is 396 g/mol. The van der Waals surface area contributed by atoms with E-state index in [9.17, 15) is 9.90 Å². The molecule has 4 nitrogen and oxygen atoms in total.